The zero-order chi connectivity index (χ0) is 15.8. The molecule has 23 heavy (non-hydrogen) atoms. The van der Waals surface area contributed by atoms with Crippen molar-refractivity contribution in [3.63, 3.8) is 0 Å². The van der Waals surface area contributed by atoms with E-state index in [2.05, 4.69) is 15.3 Å². The second-order valence-electron chi connectivity index (χ2n) is 5.98. The first-order valence-electron chi connectivity index (χ1n) is 7.92. The summed E-state index contributed by atoms with van der Waals surface area (Å²) in [6, 6.07) is 6.35. The molecule has 6 heteroatoms. The van der Waals surface area contributed by atoms with E-state index in [4.69, 9.17) is 0 Å². The standard InChI is InChI=1S/C17H18N4OS/c1-11-5-4-8-15-18-10-13(21(11)15)9-14-16(22)20-17(23-14)19-12-6-2-3-7-12/h4-5,8-10,12H,2-3,6-7H2,1H3,(H,19,20,22). The lowest BCUT2D eigenvalue weighted by Gasteiger charge is -2.02. The number of aliphatic imine (C=N–C) groups is 1. The van der Waals surface area contributed by atoms with Gasteiger partial charge in [0.05, 0.1) is 22.8 Å². The number of aryl methyl sites for hydroxylation is 1. The van der Waals surface area contributed by atoms with E-state index in [1.165, 1.54) is 24.6 Å². The zero-order valence-electron chi connectivity index (χ0n) is 13.0. The molecule has 2 fully saturated rings. The van der Waals surface area contributed by atoms with Gasteiger partial charge in [-0.2, -0.15) is 0 Å². The van der Waals surface area contributed by atoms with Gasteiger partial charge in [-0.1, -0.05) is 18.9 Å². The van der Waals surface area contributed by atoms with Gasteiger partial charge in [0.15, 0.2) is 5.17 Å². The average molecular weight is 326 g/mol. The number of nitrogens with zero attached hydrogens (tertiary/aromatic N) is 3. The van der Waals surface area contributed by atoms with Gasteiger partial charge in [0, 0.05) is 5.69 Å². The molecule has 1 aliphatic heterocycles. The molecule has 4 rings (SSSR count). The lowest BCUT2D eigenvalue weighted by atomic mass is 10.3. The number of carbonyl (C=O) groups is 1. The molecular formula is C17H18N4OS. The number of amidine groups is 1. The second-order valence-corrected chi connectivity index (χ2v) is 7.01. The summed E-state index contributed by atoms with van der Waals surface area (Å²) in [4.78, 5) is 21.9. The third-order valence-electron chi connectivity index (χ3n) is 4.31. The molecule has 5 nitrogen and oxygen atoms in total. The zero-order valence-corrected chi connectivity index (χ0v) is 13.8. The van der Waals surface area contributed by atoms with Crippen LogP contribution < -0.4 is 5.32 Å². The monoisotopic (exact) mass is 326 g/mol. The van der Waals surface area contributed by atoms with Crippen LogP contribution in [0.25, 0.3) is 11.7 Å². The largest absolute Gasteiger partial charge is 0.301 e. The van der Waals surface area contributed by atoms with Crippen LogP contribution in [0.5, 0.6) is 0 Å². The van der Waals surface area contributed by atoms with Gasteiger partial charge in [0.25, 0.3) is 5.91 Å². The molecule has 1 aliphatic carbocycles. The van der Waals surface area contributed by atoms with E-state index in [0.29, 0.717) is 10.9 Å². The first-order valence-corrected chi connectivity index (χ1v) is 8.74. The molecule has 3 heterocycles. The molecule has 2 aromatic heterocycles. The fourth-order valence-electron chi connectivity index (χ4n) is 3.15. The maximum absolute atomic E-state index is 12.2. The van der Waals surface area contributed by atoms with Crippen LogP contribution in [0.1, 0.15) is 37.1 Å². The van der Waals surface area contributed by atoms with Crippen molar-refractivity contribution in [2.24, 2.45) is 4.99 Å². The maximum Gasteiger partial charge on any atom is 0.264 e. The molecule has 0 bridgehead atoms. The molecule has 0 unspecified atom stereocenters. The van der Waals surface area contributed by atoms with Crippen molar-refractivity contribution >= 4 is 34.6 Å². The van der Waals surface area contributed by atoms with Crippen molar-refractivity contribution < 1.29 is 4.79 Å². The summed E-state index contributed by atoms with van der Waals surface area (Å²) >= 11 is 1.43. The minimum Gasteiger partial charge on any atom is -0.301 e. The number of pyridine rings is 1. The molecule has 2 aliphatic rings. The van der Waals surface area contributed by atoms with E-state index in [0.717, 1.165) is 35.0 Å². The van der Waals surface area contributed by atoms with Crippen molar-refractivity contribution in [1.29, 1.82) is 0 Å². The molecule has 2 aromatic rings. The minimum absolute atomic E-state index is 0.0738. The highest BCUT2D eigenvalue weighted by Gasteiger charge is 2.26. The van der Waals surface area contributed by atoms with E-state index < -0.39 is 0 Å². The number of hydrogen-bond acceptors (Lipinski definition) is 4. The van der Waals surface area contributed by atoms with E-state index in [1.807, 2.05) is 35.6 Å². The number of nitrogens with one attached hydrogen (secondary N) is 1. The second kappa shape index (κ2) is 5.85. The van der Waals surface area contributed by atoms with Crippen LogP contribution in [0, 0.1) is 6.92 Å². The molecule has 0 spiro atoms. The first kappa shape index (κ1) is 14.5. The van der Waals surface area contributed by atoms with Gasteiger partial charge in [-0.3, -0.25) is 14.2 Å². The summed E-state index contributed by atoms with van der Waals surface area (Å²) in [5.41, 5.74) is 2.90. The fourth-order valence-corrected chi connectivity index (χ4v) is 4.03. The van der Waals surface area contributed by atoms with Gasteiger partial charge >= 0.3 is 0 Å². The van der Waals surface area contributed by atoms with Crippen LogP contribution in [0.3, 0.4) is 0 Å². The van der Waals surface area contributed by atoms with Crippen molar-refractivity contribution in [2.45, 2.75) is 38.6 Å². The Morgan fingerprint density at radius 3 is 3.04 bits per heavy atom. The summed E-state index contributed by atoms with van der Waals surface area (Å²) in [5, 5.41) is 3.62. The topological polar surface area (TPSA) is 58.8 Å². The SMILES string of the molecule is Cc1cccc2ncc(C=C3SC(=NC4CCCC4)NC3=O)n12. The van der Waals surface area contributed by atoms with Crippen LogP contribution in [0.2, 0.25) is 0 Å². The van der Waals surface area contributed by atoms with E-state index in [9.17, 15) is 4.79 Å². The highest BCUT2D eigenvalue weighted by atomic mass is 32.2. The van der Waals surface area contributed by atoms with Crippen LogP contribution in [0.15, 0.2) is 34.3 Å². The molecule has 0 aromatic carbocycles. The summed E-state index contributed by atoms with van der Waals surface area (Å²) in [6.07, 6.45) is 8.43. The summed E-state index contributed by atoms with van der Waals surface area (Å²) in [6.45, 7) is 2.03. The molecule has 0 radical (unpaired) electrons. The van der Waals surface area contributed by atoms with Gasteiger partial charge in [0.1, 0.15) is 5.65 Å². The van der Waals surface area contributed by atoms with Crippen molar-refractivity contribution in [3.8, 4) is 0 Å². The lowest BCUT2D eigenvalue weighted by Crippen LogP contribution is -2.21. The minimum atomic E-state index is -0.0738. The molecule has 118 valence electrons. The molecule has 0 atom stereocenters. The highest BCUT2D eigenvalue weighted by molar-refractivity contribution is 8.18. The molecule has 1 saturated heterocycles. The van der Waals surface area contributed by atoms with Crippen LogP contribution in [-0.2, 0) is 4.79 Å². The van der Waals surface area contributed by atoms with E-state index in [1.54, 1.807) is 6.20 Å². The van der Waals surface area contributed by atoms with E-state index in [-0.39, 0.29) is 5.91 Å². The van der Waals surface area contributed by atoms with Crippen LogP contribution in [0.4, 0.5) is 0 Å². The van der Waals surface area contributed by atoms with Crippen molar-refractivity contribution in [1.82, 2.24) is 14.7 Å². The summed E-state index contributed by atoms with van der Waals surface area (Å²) < 4.78 is 2.05. The number of amides is 1. The Bertz CT molecular complexity index is 830. The van der Waals surface area contributed by atoms with Gasteiger partial charge in [-0.25, -0.2) is 4.98 Å². The smallest absolute Gasteiger partial charge is 0.264 e. The number of carbonyl (C=O) groups excluding carboxylic acids is 1. The number of imidazole rings is 1. The number of hydrogen-bond donors (Lipinski definition) is 1. The predicted molar refractivity (Wildman–Crippen MR) is 93.3 cm³/mol. The van der Waals surface area contributed by atoms with Gasteiger partial charge < -0.3 is 5.32 Å². The Hall–Kier alpha value is -2.08. The third kappa shape index (κ3) is 2.79. The molecule has 1 saturated carbocycles. The third-order valence-corrected chi connectivity index (χ3v) is 5.23. The Balaban J connectivity index is 1.64. The lowest BCUT2D eigenvalue weighted by molar-refractivity contribution is -0.115. The summed E-state index contributed by atoms with van der Waals surface area (Å²) in [5.74, 6) is -0.0738. The Kier molecular flexibility index (Phi) is 3.69. The predicted octanol–water partition coefficient (Wildman–Crippen LogP) is 3.15. The Labute approximate surface area is 138 Å². The first-order chi connectivity index (χ1) is 11.2. The van der Waals surface area contributed by atoms with Crippen LogP contribution in [-0.4, -0.2) is 26.5 Å². The number of fused-ring (bicyclic) bond motifs is 1. The Morgan fingerprint density at radius 2 is 2.22 bits per heavy atom. The molecule has 1 amide bonds. The molecule has 1 N–H and O–H groups in total. The number of rotatable bonds is 2. The van der Waals surface area contributed by atoms with E-state index >= 15 is 0 Å². The molecular weight excluding hydrogens is 308 g/mol. The normalized spacial score (nSPS) is 22.6. The maximum atomic E-state index is 12.2. The fraction of sp³-hybridized carbons (Fsp3) is 0.353. The number of thioether (sulfide) groups is 1. The quantitative estimate of drug-likeness (QED) is 0.863. The van der Waals surface area contributed by atoms with Gasteiger partial charge in [0.2, 0.25) is 0 Å². The van der Waals surface area contributed by atoms with Gasteiger partial charge in [-0.15, -0.1) is 0 Å². The van der Waals surface area contributed by atoms with Gasteiger partial charge in [-0.05, 0) is 49.7 Å². The van der Waals surface area contributed by atoms with Crippen LogP contribution >= 0.6 is 11.8 Å². The Morgan fingerprint density at radius 1 is 1.39 bits per heavy atom. The average Bonchev–Trinajstić information content (AvgIpc) is 3.23. The van der Waals surface area contributed by atoms with Crippen molar-refractivity contribution in [3.05, 3.63) is 40.7 Å². The summed E-state index contributed by atoms with van der Waals surface area (Å²) in [7, 11) is 0. The highest BCUT2D eigenvalue weighted by Crippen LogP contribution is 2.29. The number of aromatic nitrogens is 2. The van der Waals surface area contributed by atoms with Crippen molar-refractivity contribution in [2.75, 3.05) is 0 Å².